The number of ether oxygens (including phenoxy) is 1. The lowest BCUT2D eigenvalue weighted by molar-refractivity contribution is -0.137. The summed E-state index contributed by atoms with van der Waals surface area (Å²) in [5.74, 6) is -0.485. The van der Waals surface area contributed by atoms with Crippen LogP contribution in [0.1, 0.15) is 50.7 Å². The van der Waals surface area contributed by atoms with Crippen molar-refractivity contribution in [2.45, 2.75) is 51.3 Å². The van der Waals surface area contributed by atoms with Gasteiger partial charge in [-0.2, -0.15) is 13.2 Å². The van der Waals surface area contributed by atoms with Crippen LogP contribution in [0.15, 0.2) is 24.3 Å². The second kappa shape index (κ2) is 7.68. The van der Waals surface area contributed by atoms with Gasteiger partial charge in [0.15, 0.2) is 0 Å². The fraction of sp³-hybridized carbons (Fsp3) is 0.579. The summed E-state index contributed by atoms with van der Waals surface area (Å²) >= 11 is 0. The lowest BCUT2D eigenvalue weighted by atomic mass is 9.81. The maximum atomic E-state index is 12.7. The van der Waals surface area contributed by atoms with Gasteiger partial charge in [0, 0.05) is 19.0 Å². The number of amides is 1. The first kappa shape index (κ1) is 20.3. The summed E-state index contributed by atoms with van der Waals surface area (Å²) in [4.78, 5) is 25.3. The quantitative estimate of drug-likeness (QED) is 0.728. The Bertz CT molecular complexity index is 627. The van der Waals surface area contributed by atoms with Crippen LogP contribution in [0.25, 0.3) is 0 Å². The van der Waals surface area contributed by atoms with E-state index in [0.717, 1.165) is 18.4 Å². The molecule has 0 aliphatic carbocycles. The van der Waals surface area contributed by atoms with E-state index in [9.17, 15) is 22.8 Å². The Morgan fingerprint density at radius 2 is 1.69 bits per heavy atom. The first-order chi connectivity index (χ1) is 12.0. The van der Waals surface area contributed by atoms with Gasteiger partial charge in [-0.05, 0) is 57.2 Å². The second-order valence-electron chi connectivity index (χ2n) is 7.59. The maximum absolute atomic E-state index is 12.7. The monoisotopic (exact) mass is 371 g/mol. The van der Waals surface area contributed by atoms with E-state index in [2.05, 4.69) is 0 Å². The number of likely N-dealkylation sites (tertiary alicyclic amines) is 1. The Kier molecular flexibility index (Phi) is 5.98. The Hall–Kier alpha value is -2.05. The van der Waals surface area contributed by atoms with Gasteiger partial charge >= 0.3 is 12.3 Å². The SMILES string of the molecule is CC(C)(C)OC(=O)N1CCC(C(C=O)c2ccc(C(F)(F)F)cc2)CC1. The molecule has 0 saturated carbocycles. The van der Waals surface area contributed by atoms with Crippen LogP contribution in [-0.2, 0) is 15.7 Å². The van der Waals surface area contributed by atoms with Crippen molar-refractivity contribution in [3.8, 4) is 0 Å². The van der Waals surface area contributed by atoms with Gasteiger partial charge in [0.25, 0.3) is 0 Å². The number of halogens is 3. The van der Waals surface area contributed by atoms with Gasteiger partial charge in [-0.15, -0.1) is 0 Å². The van der Waals surface area contributed by atoms with Gasteiger partial charge in [-0.1, -0.05) is 12.1 Å². The number of hydrogen-bond acceptors (Lipinski definition) is 3. The molecule has 1 aromatic carbocycles. The zero-order valence-electron chi connectivity index (χ0n) is 15.2. The van der Waals surface area contributed by atoms with Crippen molar-refractivity contribution in [1.29, 1.82) is 0 Å². The molecule has 0 spiro atoms. The number of piperidine rings is 1. The smallest absolute Gasteiger partial charge is 0.416 e. The number of hydrogen-bond donors (Lipinski definition) is 0. The molecule has 144 valence electrons. The topological polar surface area (TPSA) is 46.6 Å². The Morgan fingerprint density at radius 3 is 2.12 bits per heavy atom. The van der Waals surface area contributed by atoms with Crippen LogP contribution in [0.2, 0.25) is 0 Å². The van der Waals surface area contributed by atoms with Crippen LogP contribution in [0.5, 0.6) is 0 Å². The fourth-order valence-electron chi connectivity index (χ4n) is 3.12. The van der Waals surface area contributed by atoms with Gasteiger partial charge in [-0.3, -0.25) is 0 Å². The number of alkyl halides is 3. The molecule has 0 bridgehead atoms. The van der Waals surface area contributed by atoms with E-state index in [0.29, 0.717) is 31.5 Å². The van der Waals surface area contributed by atoms with E-state index in [1.807, 2.05) is 0 Å². The van der Waals surface area contributed by atoms with Gasteiger partial charge < -0.3 is 14.4 Å². The summed E-state index contributed by atoms with van der Waals surface area (Å²) in [5, 5.41) is 0. The average molecular weight is 371 g/mol. The minimum atomic E-state index is -4.39. The summed E-state index contributed by atoms with van der Waals surface area (Å²) in [7, 11) is 0. The number of aldehydes is 1. The molecule has 7 heteroatoms. The van der Waals surface area contributed by atoms with E-state index in [-0.39, 0.29) is 12.0 Å². The van der Waals surface area contributed by atoms with Crippen molar-refractivity contribution in [2.75, 3.05) is 13.1 Å². The highest BCUT2D eigenvalue weighted by Crippen LogP contribution is 2.34. The summed E-state index contributed by atoms with van der Waals surface area (Å²) < 4.78 is 43.4. The Balaban J connectivity index is 2.00. The van der Waals surface area contributed by atoms with Crippen molar-refractivity contribution in [3.63, 3.8) is 0 Å². The van der Waals surface area contributed by atoms with Crippen LogP contribution in [0.3, 0.4) is 0 Å². The van der Waals surface area contributed by atoms with Crippen molar-refractivity contribution < 1.29 is 27.5 Å². The molecule has 1 fully saturated rings. The largest absolute Gasteiger partial charge is 0.444 e. The third-order valence-corrected chi connectivity index (χ3v) is 4.47. The molecule has 1 heterocycles. The van der Waals surface area contributed by atoms with Crippen LogP contribution in [-0.4, -0.2) is 36.0 Å². The molecule has 1 aliphatic rings. The standard InChI is InChI=1S/C19H24F3NO3/c1-18(2,3)26-17(25)23-10-8-14(9-11-23)16(12-24)13-4-6-15(7-5-13)19(20,21)22/h4-7,12,14,16H,8-11H2,1-3H3. The van der Waals surface area contributed by atoms with Gasteiger partial charge in [0.2, 0.25) is 0 Å². The zero-order valence-corrected chi connectivity index (χ0v) is 15.2. The number of carbonyl (C=O) groups excluding carboxylic acids is 2. The molecule has 1 aliphatic heterocycles. The lowest BCUT2D eigenvalue weighted by Crippen LogP contribution is -2.42. The molecular formula is C19H24F3NO3. The zero-order chi connectivity index (χ0) is 19.5. The minimum absolute atomic E-state index is 0.0112. The van der Waals surface area contributed by atoms with E-state index in [4.69, 9.17) is 4.74 Å². The average Bonchev–Trinajstić information content (AvgIpc) is 2.54. The fourth-order valence-corrected chi connectivity index (χ4v) is 3.12. The highest BCUT2D eigenvalue weighted by molar-refractivity contribution is 5.68. The van der Waals surface area contributed by atoms with Crippen molar-refractivity contribution in [1.82, 2.24) is 4.90 Å². The van der Waals surface area contributed by atoms with E-state index in [1.165, 1.54) is 12.1 Å². The van der Waals surface area contributed by atoms with Crippen molar-refractivity contribution in [2.24, 2.45) is 5.92 Å². The third kappa shape index (κ3) is 5.22. The summed E-state index contributed by atoms with van der Waals surface area (Å²) in [6, 6.07) is 4.73. The highest BCUT2D eigenvalue weighted by Gasteiger charge is 2.33. The van der Waals surface area contributed by atoms with Crippen molar-refractivity contribution in [3.05, 3.63) is 35.4 Å². The molecule has 0 radical (unpaired) electrons. The molecule has 26 heavy (non-hydrogen) atoms. The molecule has 1 unspecified atom stereocenters. The summed E-state index contributed by atoms with van der Waals surface area (Å²) in [5.41, 5.74) is -0.728. The Morgan fingerprint density at radius 1 is 1.15 bits per heavy atom. The minimum Gasteiger partial charge on any atom is -0.444 e. The van der Waals surface area contributed by atoms with Crippen LogP contribution < -0.4 is 0 Å². The van der Waals surface area contributed by atoms with E-state index in [1.54, 1.807) is 25.7 Å². The second-order valence-corrected chi connectivity index (χ2v) is 7.59. The number of carbonyl (C=O) groups is 2. The molecule has 0 aromatic heterocycles. The normalized spacial score (nSPS) is 17.7. The predicted octanol–water partition coefficient (Wildman–Crippen LogP) is 4.64. The first-order valence-electron chi connectivity index (χ1n) is 8.61. The van der Waals surface area contributed by atoms with Gasteiger partial charge in [0.1, 0.15) is 11.9 Å². The lowest BCUT2D eigenvalue weighted by Gasteiger charge is -2.35. The summed E-state index contributed by atoms with van der Waals surface area (Å²) in [6.45, 7) is 6.31. The third-order valence-electron chi connectivity index (χ3n) is 4.47. The maximum Gasteiger partial charge on any atom is 0.416 e. The van der Waals surface area contributed by atoms with Crippen LogP contribution >= 0.6 is 0 Å². The molecule has 1 saturated heterocycles. The molecule has 1 aromatic rings. The first-order valence-corrected chi connectivity index (χ1v) is 8.61. The number of benzene rings is 1. The Labute approximate surface area is 151 Å². The number of rotatable bonds is 3. The predicted molar refractivity (Wildman–Crippen MR) is 90.8 cm³/mol. The molecule has 2 rings (SSSR count). The molecule has 4 nitrogen and oxygen atoms in total. The van der Waals surface area contributed by atoms with Crippen LogP contribution in [0, 0.1) is 5.92 Å². The van der Waals surface area contributed by atoms with Crippen molar-refractivity contribution >= 4 is 12.4 Å². The highest BCUT2D eigenvalue weighted by atomic mass is 19.4. The number of nitrogens with zero attached hydrogens (tertiary/aromatic N) is 1. The molecule has 0 N–H and O–H groups in total. The summed E-state index contributed by atoms with van der Waals surface area (Å²) in [6.07, 6.45) is -2.79. The molecule has 1 atom stereocenters. The van der Waals surface area contributed by atoms with Gasteiger partial charge in [-0.25, -0.2) is 4.79 Å². The molecular weight excluding hydrogens is 347 g/mol. The van der Waals surface area contributed by atoms with Gasteiger partial charge in [0.05, 0.1) is 5.56 Å². The molecule has 1 amide bonds. The van der Waals surface area contributed by atoms with E-state index < -0.39 is 23.3 Å². The van der Waals surface area contributed by atoms with Crippen LogP contribution in [0.4, 0.5) is 18.0 Å². The van der Waals surface area contributed by atoms with E-state index >= 15 is 0 Å².